The van der Waals surface area contributed by atoms with Crippen LogP contribution in [0.4, 0.5) is 11.5 Å². The lowest BCUT2D eigenvalue weighted by Crippen LogP contribution is -2.28. The van der Waals surface area contributed by atoms with Gasteiger partial charge >= 0.3 is 0 Å². The first kappa shape index (κ1) is 14.0. The van der Waals surface area contributed by atoms with Crippen LogP contribution in [-0.4, -0.2) is 22.9 Å². The topological polar surface area (TPSA) is 47.1 Å². The number of fused-ring (bicyclic) bond motifs is 1. The number of benzene rings is 1. The summed E-state index contributed by atoms with van der Waals surface area (Å²) in [4.78, 5) is 2.38. The zero-order valence-corrected chi connectivity index (χ0v) is 13.1. The molecule has 4 nitrogen and oxygen atoms in total. The second-order valence-corrected chi connectivity index (χ2v) is 6.16. The standard InChI is InChI=1S/C17H24N4/c1-12(2)16-15(18)17(20(3)19-16)21-10-8-13-6-4-5-7-14(13)9-11-21/h4-7,12H,8-11,18H2,1-3H3. The molecule has 0 atom stereocenters. The fourth-order valence-electron chi connectivity index (χ4n) is 3.23. The third-order valence-corrected chi connectivity index (χ3v) is 4.35. The Morgan fingerprint density at radius 1 is 1.10 bits per heavy atom. The fourth-order valence-corrected chi connectivity index (χ4v) is 3.23. The number of anilines is 2. The van der Waals surface area contributed by atoms with Crippen molar-refractivity contribution in [1.82, 2.24) is 9.78 Å². The molecule has 0 unspecified atom stereocenters. The normalized spacial score (nSPS) is 15.1. The first-order chi connectivity index (χ1) is 10.1. The highest BCUT2D eigenvalue weighted by Crippen LogP contribution is 2.31. The van der Waals surface area contributed by atoms with Gasteiger partial charge in [0.1, 0.15) is 5.82 Å². The molecule has 0 spiro atoms. The maximum atomic E-state index is 6.37. The minimum atomic E-state index is 0.356. The minimum absolute atomic E-state index is 0.356. The molecule has 1 aliphatic heterocycles. The monoisotopic (exact) mass is 284 g/mol. The molecule has 0 aliphatic carbocycles. The van der Waals surface area contributed by atoms with Gasteiger partial charge in [-0.15, -0.1) is 0 Å². The SMILES string of the molecule is CC(C)c1nn(C)c(N2CCc3ccccc3CC2)c1N. The van der Waals surface area contributed by atoms with Crippen molar-refractivity contribution < 1.29 is 0 Å². The molecule has 2 N–H and O–H groups in total. The van der Waals surface area contributed by atoms with E-state index in [-0.39, 0.29) is 0 Å². The van der Waals surface area contributed by atoms with E-state index in [0.29, 0.717) is 5.92 Å². The molecule has 0 fully saturated rings. The molecular weight excluding hydrogens is 260 g/mol. The molecule has 21 heavy (non-hydrogen) atoms. The molecule has 1 aliphatic rings. The number of aromatic nitrogens is 2. The number of hydrogen-bond donors (Lipinski definition) is 1. The molecule has 2 aromatic rings. The van der Waals surface area contributed by atoms with Crippen LogP contribution in [0.3, 0.4) is 0 Å². The highest BCUT2D eigenvalue weighted by molar-refractivity contribution is 5.67. The molecule has 3 rings (SSSR count). The summed E-state index contributed by atoms with van der Waals surface area (Å²) in [5.41, 5.74) is 11.1. The Kier molecular flexibility index (Phi) is 3.62. The quantitative estimate of drug-likeness (QED) is 0.922. The van der Waals surface area contributed by atoms with Gasteiger partial charge in [-0.25, -0.2) is 0 Å². The largest absolute Gasteiger partial charge is 0.394 e. The summed E-state index contributed by atoms with van der Waals surface area (Å²) < 4.78 is 1.95. The van der Waals surface area contributed by atoms with Gasteiger partial charge in [0.25, 0.3) is 0 Å². The Balaban J connectivity index is 1.90. The molecule has 1 aromatic heterocycles. The predicted octanol–water partition coefficient (Wildman–Crippen LogP) is 2.73. The summed E-state index contributed by atoms with van der Waals surface area (Å²) in [7, 11) is 2.00. The molecule has 2 heterocycles. The first-order valence-corrected chi connectivity index (χ1v) is 7.72. The fraction of sp³-hybridized carbons (Fsp3) is 0.471. The third-order valence-electron chi connectivity index (χ3n) is 4.35. The maximum Gasteiger partial charge on any atom is 0.150 e. The van der Waals surface area contributed by atoms with Crippen LogP contribution in [0, 0.1) is 0 Å². The van der Waals surface area contributed by atoms with E-state index in [1.807, 2.05) is 11.7 Å². The highest BCUT2D eigenvalue weighted by atomic mass is 15.4. The Morgan fingerprint density at radius 2 is 1.67 bits per heavy atom. The van der Waals surface area contributed by atoms with Crippen LogP contribution in [-0.2, 0) is 19.9 Å². The third kappa shape index (κ3) is 2.50. The van der Waals surface area contributed by atoms with Crippen molar-refractivity contribution in [2.24, 2.45) is 7.05 Å². The second kappa shape index (κ2) is 5.43. The van der Waals surface area contributed by atoms with Crippen LogP contribution in [0.25, 0.3) is 0 Å². The zero-order valence-electron chi connectivity index (χ0n) is 13.1. The van der Waals surface area contributed by atoms with Crippen LogP contribution in [0.2, 0.25) is 0 Å². The molecule has 112 valence electrons. The summed E-state index contributed by atoms with van der Waals surface area (Å²) >= 11 is 0. The Labute approximate surface area is 126 Å². The van der Waals surface area contributed by atoms with Crippen molar-refractivity contribution in [3.8, 4) is 0 Å². The Hall–Kier alpha value is -1.97. The number of aryl methyl sites for hydroxylation is 1. The van der Waals surface area contributed by atoms with Gasteiger partial charge in [0.2, 0.25) is 0 Å². The van der Waals surface area contributed by atoms with E-state index >= 15 is 0 Å². The van der Waals surface area contributed by atoms with E-state index in [0.717, 1.165) is 43.1 Å². The van der Waals surface area contributed by atoms with Gasteiger partial charge in [0.05, 0.1) is 11.4 Å². The lowest BCUT2D eigenvalue weighted by atomic mass is 10.0. The van der Waals surface area contributed by atoms with Gasteiger partial charge in [0.15, 0.2) is 0 Å². The number of nitrogens with zero attached hydrogens (tertiary/aromatic N) is 3. The average Bonchev–Trinajstić information content (AvgIpc) is 2.64. The summed E-state index contributed by atoms with van der Waals surface area (Å²) in [6, 6.07) is 8.74. The summed E-state index contributed by atoms with van der Waals surface area (Å²) in [5.74, 6) is 1.43. The molecule has 4 heteroatoms. The van der Waals surface area contributed by atoms with Crippen molar-refractivity contribution >= 4 is 11.5 Å². The van der Waals surface area contributed by atoms with Crippen LogP contribution in [0.15, 0.2) is 24.3 Å². The van der Waals surface area contributed by atoms with Crippen molar-refractivity contribution in [2.75, 3.05) is 23.7 Å². The number of nitrogens with two attached hydrogens (primary N) is 1. The van der Waals surface area contributed by atoms with E-state index in [9.17, 15) is 0 Å². The van der Waals surface area contributed by atoms with Crippen LogP contribution in [0.1, 0.15) is 36.6 Å². The van der Waals surface area contributed by atoms with E-state index in [1.54, 1.807) is 0 Å². The van der Waals surface area contributed by atoms with E-state index in [4.69, 9.17) is 5.73 Å². The number of rotatable bonds is 2. The van der Waals surface area contributed by atoms with Gasteiger partial charge in [-0.05, 0) is 29.9 Å². The maximum absolute atomic E-state index is 6.37. The van der Waals surface area contributed by atoms with Crippen LogP contribution < -0.4 is 10.6 Å². The molecule has 1 aromatic carbocycles. The van der Waals surface area contributed by atoms with Gasteiger partial charge in [-0.2, -0.15) is 5.10 Å². The molecule has 0 radical (unpaired) electrons. The lowest BCUT2D eigenvalue weighted by molar-refractivity contribution is 0.683. The Bertz CT molecular complexity index is 615. The summed E-state index contributed by atoms with van der Waals surface area (Å²) in [6.45, 7) is 6.28. The minimum Gasteiger partial charge on any atom is -0.394 e. The van der Waals surface area contributed by atoms with Gasteiger partial charge in [0, 0.05) is 20.1 Å². The summed E-state index contributed by atoms with van der Waals surface area (Å²) in [5, 5.41) is 4.61. The van der Waals surface area contributed by atoms with E-state index < -0.39 is 0 Å². The number of hydrogen-bond acceptors (Lipinski definition) is 3. The van der Waals surface area contributed by atoms with E-state index in [1.165, 1.54) is 11.1 Å². The zero-order chi connectivity index (χ0) is 15.0. The number of nitrogen functional groups attached to an aromatic ring is 1. The summed E-state index contributed by atoms with van der Waals surface area (Å²) in [6.07, 6.45) is 2.13. The Morgan fingerprint density at radius 3 is 2.14 bits per heavy atom. The second-order valence-electron chi connectivity index (χ2n) is 6.16. The molecular formula is C17H24N4. The average molecular weight is 284 g/mol. The van der Waals surface area contributed by atoms with Crippen LogP contribution in [0.5, 0.6) is 0 Å². The van der Waals surface area contributed by atoms with Gasteiger partial charge in [-0.1, -0.05) is 38.1 Å². The smallest absolute Gasteiger partial charge is 0.150 e. The van der Waals surface area contributed by atoms with Crippen molar-refractivity contribution in [1.29, 1.82) is 0 Å². The van der Waals surface area contributed by atoms with Crippen molar-refractivity contribution in [3.05, 3.63) is 41.1 Å². The molecule has 0 saturated carbocycles. The molecule has 0 saturated heterocycles. The van der Waals surface area contributed by atoms with Crippen molar-refractivity contribution in [3.63, 3.8) is 0 Å². The van der Waals surface area contributed by atoms with Crippen LogP contribution >= 0.6 is 0 Å². The highest BCUT2D eigenvalue weighted by Gasteiger charge is 2.22. The van der Waals surface area contributed by atoms with E-state index in [2.05, 4.69) is 48.1 Å². The first-order valence-electron chi connectivity index (χ1n) is 7.72. The molecule has 0 bridgehead atoms. The lowest BCUT2D eigenvalue weighted by Gasteiger charge is -2.23. The van der Waals surface area contributed by atoms with Gasteiger partial charge < -0.3 is 10.6 Å². The van der Waals surface area contributed by atoms with Crippen molar-refractivity contribution in [2.45, 2.75) is 32.6 Å². The molecule has 0 amide bonds. The predicted molar refractivity (Wildman–Crippen MR) is 87.8 cm³/mol. The van der Waals surface area contributed by atoms with Gasteiger partial charge in [-0.3, -0.25) is 4.68 Å².